The summed E-state index contributed by atoms with van der Waals surface area (Å²) in [6.45, 7) is 0. The van der Waals surface area contributed by atoms with Gasteiger partial charge in [0.15, 0.2) is 0 Å². The highest BCUT2D eigenvalue weighted by atomic mass is 35.5. The smallest absolute Gasteiger partial charge is 0.0406 e. The lowest BCUT2D eigenvalue weighted by Gasteiger charge is -2.18. The number of hydrogen-bond acceptors (Lipinski definition) is 1. The van der Waals surface area contributed by atoms with Crippen molar-refractivity contribution in [3.05, 3.63) is 101 Å². The van der Waals surface area contributed by atoms with Crippen LogP contribution >= 0.6 is 11.6 Å². The zero-order valence-electron chi connectivity index (χ0n) is 10.9. The van der Waals surface area contributed by atoms with Crippen LogP contribution in [0.4, 0.5) is 0 Å². The Labute approximate surface area is 123 Å². The largest absolute Gasteiger partial charge is 0.265 e. The summed E-state index contributed by atoms with van der Waals surface area (Å²) in [5, 5.41) is 0.760. The highest BCUT2D eigenvalue weighted by Crippen LogP contribution is 2.31. The Morgan fingerprint density at radius 2 is 1.20 bits per heavy atom. The fraction of sp³-hybridized carbons (Fsp3) is 0.0556. The van der Waals surface area contributed by atoms with E-state index in [9.17, 15) is 0 Å². The molecule has 1 nitrogen and oxygen atoms in total. The van der Waals surface area contributed by atoms with Crippen LogP contribution in [0.25, 0.3) is 0 Å². The molecule has 98 valence electrons. The van der Waals surface area contributed by atoms with Gasteiger partial charge in [0.25, 0.3) is 0 Å². The molecule has 0 aliphatic carbocycles. The molecule has 1 atom stereocenters. The first-order valence-corrected chi connectivity index (χ1v) is 6.93. The minimum Gasteiger partial charge on any atom is -0.265 e. The van der Waals surface area contributed by atoms with Crippen LogP contribution in [0.1, 0.15) is 22.6 Å². The van der Waals surface area contributed by atoms with Crippen LogP contribution in [0.2, 0.25) is 5.02 Å². The zero-order chi connectivity index (χ0) is 13.8. The lowest BCUT2D eigenvalue weighted by molar-refractivity contribution is 0.971. The van der Waals surface area contributed by atoms with Gasteiger partial charge >= 0.3 is 0 Å². The van der Waals surface area contributed by atoms with Crippen LogP contribution < -0.4 is 0 Å². The van der Waals surface area contributed by atoms with Crippen molar-refractivity contribution in [1.82, 2.24) is 4.98 Å². The second-order valence-corrected chi connectivity index (χ2v) is 5.11. The minimum absolute atomic E-state index is 0.205. The number of halogens is 1. The second-order valence-electron chi connectivity index (χ2n) is 4.68. The van der Waals surface area contributed by atoms with Crippen LogP contribution in [0, 0.1) is 0 Å². The molecule has 0 saturated heterocycles. The summed E-state index contributed by atoms with van der Waals surface area (Å²) < 4.78 is 0. The maximum absolute atomic E-state index is 6.00. The maximum Gasteiger partial charge on any atom is 0.0406 e. The summed E-state index contributed by atoms with van der Waals surface area (Å²) in [6.07, 6.45) is 3.67. The van der Waals surface area contributed by atoms with Gasteiger partial charge in [-0.1, -0.05) is 54.1 Å². The Morgan fingerprint density at radius 1 is 0.650 bits per heavy atom. The summed E-state index contributed by atoms with van der Waals surface area (Å²) >= 11 is 6.00. The molecule has 1 heterocycles. The van der Waals surface area contributed by atoms with Gasteiger partial charge in [-0.15, -0.1) is 0 Å². The van der Waals surface area contributed by atoms with Crippen molar-refractivity contribution in [2.24, 2.45) is 0 Å². The van der Waals surface area contributed by atoms with Gasteiger partial charge in [-0.05, 0) is 41.0 Å². The van der Waals surface area contributed by atoms with Gasteiger partial charge in [0, 0.05) is 23.3 Å². The second kappa shape index (κ2) is 5.89. The molecule has 0 aliphatic heterocycles. The molecular weight excluding hydrogens is 266 g/mol. The molecule has 20 heavy (non-hydrogen) atoms. The van der Waals surface area contributed by atoms with Crippen LogP contribution in [-0.4, -0.2) is 4.98 Å². The Bertz CT molecular complexity index is 623. The molecule has 2 aromatic carbocycles. The predicted octanol–water partition coefficient (Wildman–Crippen LogP) is 4.92. The van der Waals surface area contributed by atoms with Crippen molar-refractivity contribution in [3.8, 4) is 0 Å². The molecule has 0 radical (unpaired) electrons. The highest BCUT2D eigenvalue weighted by Gasteiger charge is 2.16. The third-order valence-electron chi connectivity index (χ3n) is 3.38. The van der Waals surface area contributed by atoms with Crippen LogP contribution in [-0.2, 0) is 0 Å². The number of rotatable bonds is 3. The predicted molar refractivity (Wildman–Crippen MR) is 83.1 cm³/mol. The number of aromatic nitrogens is 1. The van der Waals surface area contributed by atoms with Crippen LogP contribution in [0.5, 0.6) is 0 Å². The molecule has 2 heteroatoms. The number of benzene rings is 2. The molecule has 0 aliphatic rings. The van der Waals surface area contributed by atoms with Gasteiger partial charge in [0.05, 0.1) is 0 Å². The van der Waals surface area contributed by atoms with E-state index in [0.29, 0.717) is 0 Å². The normalized spacial score (nSPS) is 12.1. The lowest BCUT2D eigenvalue weighted by Crippen LogP contribution is -2.03. The first-order valence-electron chi connectivity index (χ1n) is 6.55. The third kappa shape index (κ3) is 2.73. The van der Waals surface area contributed by atoms with E-state index in [1.165, 1.54) is 16.7 Å². The average molecular weight is 280 g/mol. The van der Waals surface area contributed by atoms with Crippen LogP contribution in [0.3, 0.4) is 0 Å². The van der Waals surface area contributed by atoms with Crippen LogP contribution in [0.15, 0.2) is 79.1 Å². The first kappa shape index (κ1) is 12.9. The van der Waals surface area contributed by atoms with Gasteiger partial charge in [0.1, 0.15) is 0 Å². The third-order valence-corrected chi connectivity index (χ3v) is 3.63. The zero-order valence-corrected chi connectivity index (χ0v) is 11.7. The van der Waals surface area contributed by atoms with Crippen molar-refractivity contribution >= 4 is 11.6 Å². The quantitative estimate of drug-likeness (QED) is 0.663. The molecule has 0 N–H and O–H groups in total. The summed E-state index contributed by atoms with van der Waals surface area (Å²) in [7, 11) is 0. The maximum atomic E-state index is 6.00. The fourth-order valence-corrected chi connectivity index (χ4v) is 2.56. The van der Waals surface area contributed by atoms with E-state index in [-0.39, 0.29) is 5.92 Å². The highest BCUT2D eigenvalue weighted by molar-refractivity contribution is 6.30. The van der Waals surface area contributed by atoms with E-state index in [1.54, 1.807) is 0 Å². The minimum atomic E-state index is 0.205. The van der Waals surface area contributed by atoms with E-state index in [4.69, 9.17) is 11.6 Å². The molecule has 0 amide bonds. The summed E-state index contributed by atoms with van der Waals surface area (Å²) in [4.78, 5) is 4.11. The van der Waals surface area contributed by atoms with Gasteiger partial charge < -0.3 is 0 Å². The van der Waals surface area contributed by atoms with E-state index in [0.717, 1.165) is 5.02 Å². The summed E-state index contributed by atoms with van der Waals surface area (Å²) in [6, 6.07) is 22.6. The van der Waals surface area contributed by atoms with Crippen molar-refractivity contribution in [1.29, 1.82) is 0 Å². The molecule has 0 spiro atoms. The molecular formula is C18H14ClN. The van der Waals surface area contributed by atoms with Crippen molar-refractivity contribution in [2.75, 3.05) is 0 Å². The Kier molecular flexibility index (Phi) is 3.80. The molecule has 0 fully saturated rings. The van der Waals surface area contributed by atoms with Gasteiger partial charge in [-0.2, -0.15) is 0 Å². The molecule has 0 bridgehead atoms. The molecule has 1 aromatic heterocycles. The SMILES string of the molecule is Clc1ccc(C(c2ccccc2)c2ccncc2)cc1. The average Bonchev–Trinajstić information content (AvgIpc) is 2.52. The lowest BCUT2D eigenvalue weighted by atomic mass is 9.86. The van der Waals surface area contributed by atoms with Gasteiger partial charge in [-0.3, -0.25) is 4.98 Å². The monoisotopic (exact) mass is 279 g/mol. The molecule has 3 aromatic rings. The number of pyridine rings is 1. The van der Waals surface area contributed by atoms with E-state index in [1.807, 2.05) is 30.6 Å². The standard InChI is InChI=1S/C18H14ClN/c19-17-8-6-15(7-9-17)18(14-4-2-1-3-5-14)16-10-12-20-13-11-16/h1-13,18H. The Balaban J connectivity index is 2.11. The summed E-state index contributed by atoms with van der Waals surface area (Å²) in [5.41, 5.74) is 3.72. The fourth-order valence-electron chi connectivity index (χ4n) is 2.43. The van der Waals surface area contributed by atoms with Crippen molar-refractivity contribution < 1.29 is 0 Å². The van der Waals surface area contributed by atoms with Crippen molar-refractivity contribution in [2.45, 2.75) is 5.92 Å². The van der Waals surface area contributed by atoms with Crippen molar-refractivity contribution in [3.63, 3.8) is 0 Å². The molecule has 1 unspecified atom stereocenters. The summed E-state index contributed by atoms with van der Waals surface area (Å²) in [5.74, 6) is 0.205. The first-order chi connectivity index (χ1) is 9.84. The van der Waals surface area contributed by atoms with Gasteiger partial charge in [0.2, 0.25) is 0 Å². The van der Waals surface area contributed by atoms with E-state index < -0.39 is 0 Å². The van der Waals surface area contributed by atoms with E-state index in [2.05, 4.69) is 53.5 Å². The Morgan fingerprint density at radius 3 is 1.85 bits per heavy atom. The van der Waals surface area contributed by atoms with Gasteiger partial charge in [-0.25, -0.2) is 0 Å². The molecule has 0 saturated carbocycles. The number of hydrogen-bond donors (Lipinski definition) is 0. The Hall–Kier alpha value is -2.12. The number of nitrogens with zero attached hydrogens (tertiary/aromatic N) is 1. The topological polar surface area (TPSA) is 12.9 Å². The molecule has 3 rings (SSSR count). The van der Waals surface area contributed by atoms with E-state index >= 15 is 0 Å².